The number of carbonyl (C=O) groups excluding carboxylic acids is 1. The zero-order chi connectivity index (χ0) is 24.9. The van der Waals surface area contributed by atoms with Gasteiger partial charge in [0.15, 0.2) is 16.3 Å². The van der Waals surface area contributed by atoms with E-state index in [2.05, 4.69) is 20.9 Å². The minimum atomic E-state index is -0.742. The molecule has 0 spiro atoms. The van der Waals surface area contributed by atoms with Crippen LogP contribution in [0, 0.1) is 3.57 Å². The molecule has 0 bridgehead atoms. The molecule has 3 aromatic rings. The van der Waals surface area contributed by atoms with E-state index in [1.165, 1.54) is 15.9 Å². The van der Waals surface area contributed by atoms with E-state index in [0.29, 0.717) is 45.7 Å². The van der Waals surface area contributed by atoms with Gasteiger partial charge in [0.25, 0.3) is 5.56 Å². The smallest absolute Gasteiger partial charge is 0.338 e. The van der Waals surface area contributed by atoms with Crippen LogP contribution in [0.5, 0.6) is 17.2 Å². The standard InChI is InChI=1S/C24H18BrIN2O6S/c1-3-32-23(31)19-11(2)27-24-28(20(19)13-4-5-16-17(9-13)34-10-33-16)22(30)18(35-24)8-12-6-14(25)21(29)15(26)7-12/h4-9,20,29H,3,10H2,1-2H3/b18-8+/t20-/m0/s1. The predicted molar refractivity (Wildman–Crippen MR) is 141 cm³/mol. The van der Waals surface area contributed by atoms with E-state index in [0.717, 1.165) is 5.56 Å². The second-order valence-electron chi connectivity index (χ2n) is 7.75. The third kappa shape index (κ3) is 4.29. The van der Waals surface area contributed by atoms with Crippen molar-refractivity contribution in [3.05, 3.63) is 80.5 Å². The fraction of sp³-hybridized carbons (Fsp3) is 0.208. The van der Waals surface area contributed by atoms with Crippen molar-refractivity contribution in [3.63, 3.8) is 0 Å². The zero-order valence-electron chi connectivity index (χ0n) is 18.5. The number of rotatable bonds is 4. The number of benzene rings is 2. The highest BCUT2D eigenvalue weighted by molar-refractivity contribution is 14.1. The van der Waals surface area contributed by atoms with Crippen molar-refractivity contribution >= 4 is 61.9 Å². The summed E-state index contributed by atoms with van der Waals surface area (Å²) in [4.78, 5) is 31.8. The summed E-state index contributed by atoms with van der Waals surface area (Å²) >= 11 is 6.61. The fourth-order valence-corrected chi connectivity index (χ4v) is 6.56. The van der Waals surface area contributed by atoms with Crippen molar-refractivity contribution in [2.45, 2.75) is 19.9 Å². The van der Waals surface area contributed by atoms with Gasteiger partial charge in [0.2, 0.25) is 6.79 Å². The summed E-state index contributed by atoms with van der Waals surface area (Å²) in [5, 5.41) is 10.1. The molecule has 1 aromatic heterocycles. The topological polar surface area (TPSA) is 99.4 Å². The maximum Gasteiger partial charge on any atom is 0.338 e. The van der Waals surface area contributed by atoms with Crippen LogP contribution in [0.25, 0.3) is 6.08 Å². The summed E-state index contributed by atoms with van der Waals surface area (Å²) in [6.45, 7) is 3.78. The van der Waals surface area contributed by atoms with Crippen LogP contribution in [0.2, 0.25) is 0 Å². The highest BCUT2D eigenvalue weighted by atomic mass is 127. The maximum absolute atomic E-state index is 13.7. The van der Waals surface area contributed by atoms with Gasteiger partial charge < -0.3 is 19.3 Å². The van der Waals surface area contributed by atoms with Crippen molar-refractivity contribution in [2.24, 2.45) is 4.99 Å². The summed E-state index contributed by atoms with van der Waals surface area (Å²) in [7, 11) is 0. The van der Waals surface area contributed by atoms with E-state index in [-0.39, 0.29) is 24.7 Å². The summed E-state index contributed by atoms with van der Waals surface area (Å²) in [5.74, 6) is 0.766. The van der Waals surface area contributed by atoms with Gasteiger partial charge in [-0.05, 0) is 93.8 Å². The second-order valence-corrected chi connectivity index (χ2v) is 10.8. The summed E-state index contributed by atoms with van der Waals surface area (Å²) < 4.78 is 19.4. The molecular weight excluding hydrogens is 651 g/mol. The molecule has 35 heavy (non-hydrogen) atoms. The summed E-state index contributed by atoms with van der Waals surface area (Å²) in [6, 6.07) is 8.13. The van der Waals surface area contributed by atoms with Gasteiger partial charge in [0.05, 0.1) is 36.5 Å². The molecule has 0 saturated carbocycles. The van der Waals surface area contributed by atoms with Gasteiger partial charge in [-0.3, -0.25) is 9.36 Å². The Bertz CT molecular complexity index is 1570. The van der Waals surface area contributed by atoms with E-state index < -0.39 is 12.0 Å². The van der Waals surface area contributed by atoms with Crippen LogP contribution in [-0.2, 0) is 9.53 Å². The molecule has 0 amide bonds. The van der Waals surface area contributed by atoms with Crippen LogP contribution in [0.1, 0.15) is 31.0 Å². The van der Waals surface area contributed by atoms with Crippen LogP contribution in [-0.4, -0.2) is 29.0 Å². The quantitative estimate of drug-likeness (QED) is 0.337. The molecule has 5 rings (SSSR count). The van der Waals surface area contributed by atoms with Crippen molar-refractivity contribution in [2.75, 3.05) is 13.4 Å². The number of halogens is 2. The molecule has 0 radical (unpaired) electrons. The lowest BCUT2D eigenvalue weighted by molar-refractivity contribution is -0.139. The molecule has 0 fully saturated rings. The Labute approximate surface area is 225 Å². The van der Waals surface area contributed by atoms with Crippen molar-refractivity contribution in [3.8, 4) is 17.2 Å². The van der Waals surface area contributed by atoms with E-state index in [9.17, 15) is 14.7 Å². The minimum Gasteiger partial charge on any atom is -0.506 e. The molecule has 0 unspecified atom stereocenters. The van der Waals surface area contributed by atoms with E-state index >= 15 is 0 Å². The van der Waals surface area contributed by atoms with Gasteiger partial charge >= 0.3 is 5.97 Å². The number of phenolic OH excluding ortho intramolecular Hbond substituents is 1. The van der Waals surface area contributed by atoms with Gasteiger partial charge in [0, 0.05) is 0 Å². The average molecular weight is 669 g/mol. The third-order valence-corrected chi connectivity index (χ3v) is 7.98. The van der Waals surface area contributed by atoms with E-state index in [4.69, 9.17) is 14.2 Å². The molecular formula is C24H18BrIN2O6S. The van der Waals surface area contributed by atoms with Crippen LogP contribution in [0.4, 0.5) is 0 Å². The first-order valence-electron chi connectivity index (χ1n) is 10.6. The number of carbonyl (C=O) groups is 1. The highest BCUT2D eigenvalue weighted by Crippen LogP contribution is 2.38. The Balaban J connectivity index is 1.73. The molecule has 1 atom stereocenters. The third-order valence-electron chi connectivity index (χ3n) is 5.57. The first kappa shape index (κ1) is 24.1. The fourth-order valence-electron chi connectivity index (χ4n) is 4.01. The molecule has 3 heterocycles. The van der Waals surface area contributed by atoms with Crippen LogP contribution in [0.15, 0.2) is 55.9 Å². The number of ether oxygens (including phenoxy) is 3. The van der Waals surface area contributed by atoms with Gasteiger partial charge in [-0.15, -0.1) is 0 Å². The number of hydrogen-bond acceptors (Lipinski definition) is 8. The Morgan fingerprint density at radius 1 is 1.34 bits per heavy atom. The number of phenols is 1. The van der Waals surface area contributed by atoms with Crippen LogP contribution in [0.3, 0.4) is 0 Å². The Morgan fingerprint density at radius 2 is 2.11 bits per heavy atom. The Hall–Kier alpha value is -2.64. The van der Waals surface area contributed by atoms with Crippen molar-refractivity contribution in [1.82, 2.24) is 4.57 Å². The molecule has 11 heteroatoms. The Kier molecular flexibility index (Phi) is 6.49. The van der Waals surface area contributed by atoms with E-state index in [1.807, 2.05) is 28.7 Å². The van der Waals surface area contributed by atoms with Crippen LogP contribution < -0.4 is 24.4 Å². The normalized spacial score (nSPS) is 16.8. The maximum atomic E-state index is 13.7. The average Bonchev–Trinajstić information content (AvgIpc) is 3.40. The minimum absolute atomic E-state index is 0.113. The number of aromatic hydroxyl groups is 1. The van der Waals surface area contributed by atoms with E-state index in [1.54, 1.807) is 44.2 Å². The van der Waals surface area contributed by atoms with Gasteiger partial charge in [-0.25, -0.2) is 9.79 Å². The van der Waals surface area contributed by atoms with Crippen molar-refractivity contribution < 1.29 is 24.1 Å². The van der Waals surface area contributed by atoms with Gasteiger partial charge in [0.1, 0.15) is 5.75 Å². The number of fused-ring (bicyclic) bond motifs is 2. The van der Waals surface area contributed by atoms with Gasteiger partial charge in [-0.2, -0.15) is 0 Å². The number of esters is 1. The summed E-state index contributed by atoms with van der Waals surface area (Å²) in [5.41, 5.74) is 1.92. The molecule has 0 aliphatic carbocycles. The first-order valence-corrected chi connectivity index (χ1v) is 13.2. The monoisotopic (exact) mass is 668 g/mol. The molecule has 180 valence electrons. The lowest BCUT2D eigenvalue weighted by atomic mass is 9.95. The molecule has 1 N–H and O–H groups in total. The lowest BCUT2D eigenvalue weighted by Gasteiger charge is -2.24. The predicted octanol–water partition coefficient (Wildman–Crippen LogP) is 3.60. The van der Waals surface area contributed by atoms with Gasteiger partial charge in [-0.1, -0.05) is 17.4 Å². The number of hydrogen-bond donors (Lipinski definition) is 1. The summed E-state index contributed by atoms with van der Waals surface area (Å²) in [6.07, 6.45) is 1.75. The lowest BCUT2D eigenvalue weighted by Crippen LogP contribution is -2.39. The zero-order valence-corrected chi connectivity index (χ0v) is 23.1. The van der Waals surface area contributed by atoms with Crippen molar-refractivity contribution in [1.29, 1.82) is 0 Å². The molecule has 2 aliphatic rings. The van der Waals surface area contributed by atoms with Crippen LogP contribution >= 0.6 is 49.9 Å². The SMILES string of the molecule is CCOC(=O)C1=C(C)N=c2s/c(=C/c3cc(Br)c(O)c(I)c3)c(=O)n2[C@H]1c1ccc2c(c1)OCO2. The Morgan fingerprint density at radius 3 is 2.86 bits per heavy atom. The molecule has 2 aliphatic heterocycles. The highest BCUT2D eigenvalue weighted by Gasteiger charge is 2.34. The molecule has 0 saturated heterocycles. The molecule has 2 aromatic carbocycles. The molecule has 8 nitrogen and oxygen atoms in total. The first-order chi connectivity index (χ1) is 16.8. The number of nitrogens with zero attached hydrogens (tertiary/aromatic N) is 2. The second kappa shape index (κ2) is 9.43. The number of aromatic nitrogens is 1. The largest absolute Gasteiger partial charge is 0.506 e. The number of allylic oxidation sites excluding steroid dienone is 1. The number of thiazole rings is 1.